The van der Waals surface area contributed by atoms with E-state index in [1.54, 1.807) is 14.2 Å². The zero-order valence-electron chi connectivity index (χ0n) is 35.9. The Balaban J connectivity index is 0.000000172. The minimum absolute atomic E-state index is 0.0400. The highest BCUT2D eigenvalue weighted by Crippen LogP contribution is 2.47. The molecule has 304 valence electrons. The molecule has 6 saturated heterocycles. The third-order valence-electron chi connectivity index (χ3n) is 13.2. The quantitative estimate of drug-likeness (QED) is 0.158. The van der Waals surface area contributed by atoms with Gasteiger partial charge in [-0.05, 0) is 164 Å². The van der Waals surface area contributed by atoms with Gasteiger partial charge < -0.3 is 18.9 Å². The van der Waals surface area contributed by atoms with E-state index in [1.165, 1.54) is 75.8 Å². The molecule has 56 heavy (non-hydrogen) atoms. The van der Waals surface area contributed by atoms with Gasteiger partial charge in [-0.2, -0.15) is 0 Å². The molecule has 6 aliphatic heterocycles. The summed E-state index contributed by atoms with van der Waals surface area (Å²) in [5, 5.41) is 2.29. The number of piperidine rings is 6. The summed E-state index contributed by atoms with van der Waals surface area (Å²) < 4.78 is 24.5. The summed E-state index contributed by atoms with van der Waals surface area (Å²) >= 11 is 0. The number of hydrogen-bond donors (Lipinski definition) is 0. The molecular formula is C48H68N4O4. The first-order valence-electron chi connectivity index (χ1n) is 21.5. The van der Waals surface area contributed by atoms with Crippen molar-refractivity contribution < 1.29 is 18.9 Å². The first-order chi connectivity index (χ1) is 26.8. The molecule has 10 atom stereocenters. The molecule has 0 aliphatic carbocycles. The van der Waals surface area contributed by atoms with Crippen LogP contribution in [0.1, 0.15) is 117 Å². The van der Waals surface area contributed by atoms with Crippen LogP contribution in [-0.2, 0) is 9.47 Å². The Labute approximate surface area is 336 Å². The van der Waals surface area contributed by atoms with Crippen molar-refractivity contribution in [3.05, 3.63) is 72.1 Å². The fraction of sp³-hybridized carbons (Fsp3) is 0.625. The number of nitrogens with zero attached hydrogens (tertiary/aromatic N) is 4. The van der Waals surface area contributed by atoms with Crippen LogP contribution < -0.4 is 9.47 Å². The number of aromatic nitrogens is 2. The summed E-state index contributed by atoms with van der Waals surface area (Å²) in [6, 6.07) is 17.4. The molecule has 2 aromatic heterocycles. The Hall–Kier alpha value is -3.30. The van der Waals surface area contributed by atoms with E-state index in [-0.39, 0.29) is 23.4 Å². The number of hydrogen-bond acceptors (Lipinski definition) is 8. The molecule has 10 rings (SSSR count). The van der Waals surface area contributed by atoms with E-state index >= 15 is 0 Å². The van der Waals surface area contributed by atoms with Crippen LogP contribution in [0.2, 0.25) is 0 Å². The molecule has 0 saturated carbocycles. The van der Waals surface area contributed by atoms with Gasteiger partial charge in [0.1, 0.15) is 11.5 Å². The second kappa shape index (κ2) is 16.9. The molecule has 4 bridgehead atoms. The summed E-state index contributed by atoms with van der Waals surface area (Å²) in [6.07, 6.45) is 11.6. The van der Waals surface area contributed by atoms with Gasteiger partial charge in [-0.3, -0.25) is 19.8 Å². The average molecular weight is 765 g/mol. The molecule has 8 nitrogen and oxygen atoms in total. The topological polar surface area (TPSA) is 69.2 Å². The highest BCUT2D eigenvalue weighted by atomic mass is 16.5. The van der Waals surface area contributed by atoms with Crippen molar-refractivity contribution in [1.29, 1.82) is 0 Å². The first kappa shape index (κ1) is 40.9. The smallest absolute Gasteiger partial charge is 0.119 e. The maximum absolute atomic E-state index is 6.76. The van der Waals surface area contributed by atoms with E-state index in [1.807, 2.05) is 36.7 Å². The molecule has 0 amide bonds. The Morgan fingerprint density at radius 1 is 0.625 bits per heavy atom. The number of fused-ring (bicyclic) bond motifs is 8. The van der Waals surface area contributed by atoms with Gasteiger partial charge in [-0.1, -0.05) is 26.7 Å². The fourth-order valence-corrected chi connectivity index (χ4v) is 10.4. The highest BCUT2D eigenvalue weighted by molar-refractivity contribution is 5.84. The summed E-state index contributed by atoms with van der Waals surface area (Å²) in [5.74, 6) is 5.08. The highest BCUT2D eigenvalue weighted by Gasteiger charge is 2.46. The molecule has 0 radical (unpaired) electrons. The van der Waals surface area contributed by atoms with Crippen LogP contribution in [0, 0.1) is 23.7 Å². The largest absolute Gasteiger partial charge is 0.497 e. The second-order valence-electron chi connectivity index (χ2n) is 18.9. The minimum Gasteiger partial charge on any atom is -0.497 e. The van der Waals surface area contributed by atoms with Crippen LogP contribution in [0.15, 0.2) is 60.9 Å². The van der Waals surface area contributed by atoms with Crippen LogP contribution in [-0.4, -0.2) is 83.5 Å². The van der Waals surface area contributed by atoms with Gasteiger partial charge in [-0.15, -0.1) is 0 Å². The van der Waals surface area contributed by atoms with Crippen molar-refractivity contribution in [2.45, 2.75) is 129 Å². The lowest BCUT2D eigenvalue weighted by Gasteiger charge is -2.52. The maximum Gasteiger partial charge on any atom is 0.119 e. The third kappa shape index (κ3) is 8.89. The average Bonchev–Trinajstić information content (AvgIpc) is 3.20. The number of rotatable bonds is 10. The Bertz CT molecular complexity index is 1800. The van der Waals surface area contributed by atoms with Gasteiger partial charge in [0.2, 0.25) is 0 Å². The molecule has 8 heteroatoms. The minimum atomic E-state index is -0.207. The SMILES string of the molecule is CCC1CN2CCC1CC2[C@@H](OC(C)(C)C)c1ccnc2ccc(OC)cc12.CCC1CN2CCC1CC2[C@H](OC(C)(C)C)c1ccnc2ccc(OC)cc12. The number of benzene rings is 2. The first-order valence-corrected chi connectivity index (χ1v) is 21.5. The van der Waals surface area contributed by atoms with Crippen LogP contribution in [0.25, 0.3) is 21.8 Å². The molecule has 6 aliphatic rings. The van der Waals surface area contributed by atoms with Gasteiger partial charge in [0, 0.05) is 48.3 Å². The van der Waals surface area contributed by atoms with Crippen LogP contribution in [0.5, 0.6) is 11.5 Å². The van der Waals surface area contributed by atoms with Crippen molar-refractivity contribution in [2.24, 2.45) is 23.7 Å². The third-order valence-corrected chi connectivity index (χ3v) is 13.2. The van der Waals surface area contributed by atoms with Gasteiger partial charge in [0.15, 0.2) is 0 Å². The van der Waals surface area contributed by atoms with Gasteiger partial charge in [0.25, 0.3) is 0 Å². The Morgan fingerprint density at radius 3 is 1.36 bits per heavy atom. The molecule has 0 spiro atoms. The standard InChI is InChI=1S/2C24H34N2O2/c2*1-6-16-15-26-12-10-17(16)13-22(26)23(28-24(2,3)4)19-9-11-25-21-8-7-18(27-5)14-20(19)21/h2*7-9,11,14,16-17,22-23H,6,10,12-13,15H2,1-5H3/t2*16?,17?,22?,23-/m10/s1. The van der Waals surface area contributed by atoms with Crippen molar-refractivity contribution in [2.75, 3.05) is 40.4 Å². The van der Waals surface area contributed by atoms with Crippen LogP contribution in [0.3, 0.4) is 0 Å². The van der Waals surface area contributed by atoms with E-state index < -0.39 is 0 Å². The maximum atomic E-state index is 6.76. The molecule has 8 unspecified atom stereocenters. The second-order valence-corrected chi connectivity index (χ2v) is 18.9. The van der Waals surface area contributed by atoms with Gasteiger partial charge in [0.05, 0.1) is 48.7 Å². The Morgan fingerprint density at radius 2 is 1.04 bits per heavy atom. The summed E-state index contributed by atoms with van der Waals surface area (Å²) in [5.41, 5.74) is 4.07. The predicted molar refractivity (Wildman–Crippen MR) is 227 cm³/mol. The molecule has 4 aromatic rings. The number of methoxy groups -OCH3 is 2. The Kier molecular flexibility index (Phi) is 12.3. The summed E-state index contributed by atoms with van der Waals surface area (Å²) in [4.78, 5) is 14.6. The van der Waals surface area contributed by atoms with E-state index in [4.69, 9.17) is 18.9 Å². The van der Waals surface area contributed by atoms with E-state index in [0.29, 0.717) is 12.1 Å². The van der Waals surface area contributed by atoms with Crippen molar-refractivity contribution in [3.8, 4) is 11.5 Å². The molecular weight excluding hydrogens is 697 g/mol. The molecule has 8 heterocycles. The van der Waals surface area contributed by atoms with E-state index in [9.17, 15) is 0 Å². The van der Waals surface area contributed by atoms with Gasteiger partial charge >= 0.3 is 0 Å². The number of pyridine rings is 2. The molecule has 0 N–H and O–H groups in total. The molecule has 2 aromatic carbocycles. The monoisotopic (exact) mass is 765 g/mol. The van der Waals surface area contributed by atoms with Crippen LogP contribution >= 0.6 is 0 Å². The fourth-order valence-electron chi connectivity index (χ4n) is 10.4. The lowest BCUT2D eigenvalue weighted by atomic mass is 9.72. The zero-order chi connectivity index (χ0) is 39.8. The number of ether oxygens (including phenoxy) is 4. The van der Waals surface area contributed by atoms with Crippen molar-refractivity contribution >= 4 is 21.8 Å². The van der Waals surface area contributed by atoms with Crippen LogP contribution in [0.4, 0.5) is 0 Å². The molecule has 6 fully saturated rings. The zero-order valence-corrected chi connectivity index (χ0v) is 35.9. The summed E-state index contributed by atoms with van der Waals surface area (Å²) in [6.45, 7) is 22.5. The normalized spacial score (nSPS) is 28.5. The lowest BCUT2D eigenvalue weighted by Crippen LogP contribution is -2.56. The predicted octanol–water partition coefficient (Wildman–Crippen LogP) is 10.4. The van der Waals surface area contributed by atoms with E-state index in [2.05, 4.69) is 99.4 Å². The lowest BCUT2D eigenvalue weighted by molar-refractivity contribution is -0.131. The summed E-state index contributed by atoms with van der Waals surface area (Å²) in [7, 11) is 3.44. The van der Waals surface area contributed by atoms with Gasteiger partial charge in [-0.25, -0.2) is 0 Å². The van der Waals surface area contributed by atoms with E-state index in [0.717, 1.165) is 57.0 Å². The van der Waals surface area contributed by atoms with Crippen molar-refractivity contribution in [3.63, 3.8) is 0 Å². The van der Waals surface area contributed by atoms with Crippen molar-refractivity contribution in [1.82, 2.24) is 19.8 Å².